The molecule has 4 heteroatoms. The van der Waals surface area contributed by atoms with Crippen LogP contribution in [0.3, 0.4) is 0 Å². The molecule has 0 fully saturated rings. The van der Waals surface area contributed by atoms with E-state index in [0.29, 0.717) is 6.54 Å². The molecule has 0 spiro atoms. The zero-order valence-corrected chi connectivity index (χ0v) is 13.1. The highest BCUT2D eigenvalue weighted by Crippen LogP contribution is 2.32. The van der Waals surface area contributed by atoms with Gasteiger partial charge in [-0.05, 0) is 29.8 Å². The number of hydrogen-bond donors (Lipinski definition) is 1. The second kappa shape index (κ2) is 5.84. The molecule has 21 heavy (non-hydrogen) atoms. The molecule has 3 aromatic rings. The molecule has 0 saturated heterocycles. The summed E-state index contributed by atoms with van der Waals surface area (Å²) in [6.07, 6.45) is 0. The van der Waals surface area contributed by atoms with E-state index in [4.69, 9.17) is 10.7 Å². The number of rotatable bonds is 4. The molecule has 1 unspecified atom stereocenters. The number of pyridine rings is 1. The first-order chi connectivity index (χ1) is 10.2. The standard InChI is InChI=1S/C17H19N3S/c1-12(16-8-5-9-21-16)20(2)17-15-7-4-3-6-13(15)10-14(11-18)19-17/h3-10,12H,11,18H2,1-2H3. The molecule has 2 aromatic heterocycles. The summed E-state index contributed by atoms with van der Waals surface area (Å²) >= 11 is 1.78. The fourth-order valence-electron chi connectivity index (χ4n) is 2.51. The van der Waals surface area contributed by atoms with Gasteiger partial charge in [-0.25, -0.2) is 4.98 Å². The Bertz CT molecular complexity index is 737. The van der Waals surface area contributed by atoms with Crippen LogP contribution < -0.4 is 10.6 Å². The Morgan fingerprint density at radius 1 is 1.24 bits per heavy atom. The number of thiophene rings is 1. The van der Waals surface area contributed by atoms with Gasteiger partial charge in [0.25, 0.3) is 0 Å². The Labute approximate surface area is 129 Å². The van der Waals surface area contributed by atoms with Crippen LogP contribution in [0.2, 0.25) is 0 Å². The SMILES string of the molecule is CC(c1cccs1)N(C)c1nc(CN)cc2ccccc12. The van der Waals surface area contributed by atoms with E-state index in [1.807, 2.05) is 0 Å². The molecule has 1 aromatic carbocycles. The van der Waals surface area contributed by atoms with Gasteiger partial charge in [0.1, 0.15) is 5.82 Å². The van der Waals surface area contributed by atoms with Crippen molar-refractivity contribution in [3.63, 3.8) is 0 Å². The third-order valence-corrected chi connectivity index (χ3v) is 4.90. The number of aromatic nitrogens is 1. The fourth-order valence-corrected chi connectivity index (χ4v) is 3.34. The number of hydrogen-bond acceptors (Lipinski definition) is 4. The summed E-state index contributed by atoms with van der Waals surface area (Å²) in [5.74, 6) is 0.995. The molecule has 0 aliphatic heterocycles. The lowest BCUT2D eigenvalue weighted by Gasteiger charge is -2.27. The van der Waals surface area contributed by atoms with Gasteiger partial charge in [-0.15, -0.1) is 11.3 Å². The van der Waals surface area contributed by atoms with E-state index in [2.05, 4.69) is 66.7 Å². The van der Waals surface area contributed by atoms with E-state index in [9.17, 15) is 0 Å². The lowest BCUT2D eigenvalue weighted by atomic mass is 10.1. The van der Waals surface area contributed by atoms with Crippen LogP contribution in [0.15, 0.2) is 47.8 Å². The summed E-state index contributed by atoms with van der Waals surface area (Å²) in [5.41, 5.74) is 6.73. The van der Waals surface area contributed by atoms with Gasteiger partial charge in [0, 0.05) is 23.9 Å². The van der Waals surface area contributed by atoms with Crippen LogP contribution in [-0.2, 0) is 6.54 Å². The molecule has 3 rings (SSSR count). The minimum absolute atomic E-state index is 0.286. The summed E-state index contributed by atoms with van der Waals surface area (Å²) in [5, 5.41) is 4.47. The van der Waals surface area contributed by atoms with Crippen molar-refractivity contribution in [2.24, 2.45) is 5.73 Å². The van der Waals surface area contributed by atoms with Gasteiger partial charge in [-0.2, -0.15) is 0 Å². The highest BCUT2D eigenvalue weighted by molar-refractivity contribution is 7.10. The second-order valence-electron chi connectivity index (χ2n) is 5.16. The maximum absolute atomic E-state index is 5.80. The van der Waals surface area contributed by atoms with E-state index in [1.165, 1.54) is 15.6 Å². The molecule has 0 radical (unpaired) electrons. The quantitative estimate of drug-likeness (QED) is 0.793. The fraction of sp³-hybridized carbons (Fsp3) is 0.235. The van der Waals surface area contributed by atoms with Crippen molar-refractivity contribution in [3.05, 3.63) is 58.4 Å². The lowest BCUT2D eigenvalue weighted by molar-refractivity contribution is 0.742. The summed E-state index contributed by atoms with van der Waals surface area (Å²) in [7, 11) is 2.10. The topological polar surface area (TPSA) is 42.2 Å². The molecule has 0 amide bonds. The summed E-state index contributed by atoms with van der Waals surface area (Å²) in [4.78, 5) is 8.32. The Hall–Kier alpha value is -1.91. The van der Waals surface area contributed by atoms with Crippen LogP contribution in [0.5, 0.6) is 0 Å². The van der Waals surface area contributed by atoms with Gasteiger partial charge >= 0.3 is 0 Å². The average molecular weight is 297 g/mol. The monoisotopic (exact) mass is 297 g/mol. The molecule has 0 aliphatic rings. The van der Waals surface area contributed by atoms with Crippen LogP contribution in [0, 0.1) is 0 Å². The van der Waals surface area contributed by atoms with E-state index in [1.54, 1.807) is 11.3 Å². The third-order valence-electron chi connectivity index (χ3n) is 3.85. The molecule has 108 valence electrons. The zero-order valence-electron chi connectivity index (χ0n) is 12.3. The molecular formula is C17H19N3S. The zero-order chi connectivity index (χ0) is 14.8. The highest BCUT2D eigenvalue weighted by atomic mass is 32.1. The first-order valence-corrected chi connectivity index (χ1v) is 7.93. The molecule has 0 saturated carbocycles. The van der Waals surface area contributed by atoms with Crippen LogP contribution in [0.4, 0.5) is 5.82 Å². The first kappa shape index (κ1) is 14.0. The van der Waals surface area contributed by atoms with Crippen molar-refractivity contribution in [1.82, 2.24) is 4.98 Å². The maximum Gasteiger partial charge on any atom is 0.137 e. The van der Waals surface area contributed by atoms with Crippen molar-refractivity contribution in [2.75, 3.05) is 11.9 Å². The lowest BCUT2D eigenvalue weighted by Crippen LogP contribution is -2.22. The van der Waals surface area contributed by atoms with Crippen molar-refractivity contribution in [2.45, 2.75) is 19.5 Å². The predicted octanol–water partition coefficient (Wildman–Crippen LogP) is 3.95. The van der Waals surface area contributed by atoms with Crippen LogP contribution in [0.25, 0.3) is 10.8 Å². The summed E-state index contributed by atoms with van der Waals surface area (Å²) < 4.78 is 0. The van der Waals surface area contributed by atoms with E-state index in [0.717, 1.165) is 11.5 Å². The van der Waals surface area contributed by atoms with Gasteiger partial charge in [0.05, 0.1) is 11.7 Å². The first-order valence-electron chi connectivity index (χ1n) is 7.05. The smallest absolute Gasteiger partial charge is 0.137 e. The van der Waals surface area contributed by atoms with Crippen molar-refractivity contribution in [1.29, 1.82) is 0 Å². The normalized spacial score (nSPS) is 12.5. The van der Waals surface area contributed by atoms with Crippen LogP contribution >= 0.6 is 11.3 Å². The Kier molecular flexibility index (Phi) is 3.90. The van der Waals surface area contributed by atoms with Crippen molar-refractivity contribution < 1.29 is 0 Å². The largest absolute Gasteiger partial charge is 0.352 e. The summed E-state index contributed by atoms with van der Waals surface area (Å²) in [6, 6.07) is 15.0. The molecular weight excluding hydrogens is 278 g/mol. The number of benzene rings is 1. The number of fused-ring (bicyclic) bond motifs is 1. The molecule has 3 nitrogen and oxygen atoms in total. The third kappa shape index (κ3) is 2.64. The maximum atomic E-state index is 5.80. The number of anilines is 1. The Morgan fingerprint density at radius 2 is 2.05 bits per heavy atom. The van der Waals surface area contributed by atoms with Crippen LogP contribution in [0.1, 0.15) is 23.5 Å². The van der Waals surface area contributed by atoms with Crippen molar-refractivity contribution >= 4 is 27.9 Å². The van der Waals surface area contributed by atoms with Gasteiger partial charge in [0.15, 0.2) is 0 Å². The Morgan fingerprint density at radius 3 is 2.76 bits per heavy atom. The summed E-state index contributed by atoms with van der Waals surface area (Å²) in [6.45, 7) is 2.66. The second-order valence-corrected chi connectivity index (χ2v) is 6.14. The Balaban J connectivity index is 2.10. The van der Waals surface area contributed by atoms with Crippen molar-refractivity contribution in [3.8, 4) is 0 Å². The predicted molar refractivity (Wildman–Crippen MR) is 90.8 cm³/mol. The van der Waals surface area contributed by atoms with E-state index in [-0.39, 0.29) is 6.04 Å². The average Bonchev–Trinajstić information content (AvgIpc) is 3.06. The van der Waals surface area contributed by atoms with Gasteiger partial charge in [0.2, 0.25) is 0 Å². The van der Waals surface area contributed by atoms with Gasteiger partial charge in [-0.3, -0.25) is 0 Å². The molecule has 2 N–H and O–H groups in total. The number of nitrogens with zero attached hydrogens (tertiary/aromatic N) is 2. The minimum Gasteiger partial charge on any atom is -0.352 e. The highest BCUT2D eigenvalue weighted by Gasteiger charge is 2.17. The van der Waals surface area contributed by atoms with E-state index >= 15 is 0 Å². The van der Waals surface area contributed by atoms with Gasteiger partial charge in [-0.1, -0.05) is 30.3 Å². The molecule has 0 aliphatic carbocycles. The van der Waals surface area contributed by atoms with Gasteiger partial charge < -0.3 is 10.6 Å². The molecule has 0 bridgehead atoms. The van der Waals surface area contributed by atoms with E-state index < -0.39 is 0 Å². The van der Waals surface area contributed by atoms with Crippen LogP contribution in [-0.4, -0.2) is 12.0 Å². The minimum atomic E-state index is 0.286. The molecule has 2 heterocycles. The molecule has 1 atom stereocenters. The number of nitrogens with two attached hydrogens (primary N) is 1.